The second kappa shape index (κ2) is 6.64. The molecule has 130 valence electrons. The van der Waals surface area contributed by atoms with Gasteiger partial charge in [-0.3, -0.25) is 4.79 Å². The lowest BCUT2D eigenvalue weighted by molar-refractivity contribution is 0.110. The van der Waals surface area contributed by atoms with Crippen LogP contribution in [0.5, 0.6) is 0 Å². The van der Waals surface area contributed by atoms with E-state index in [0.29, 0.717) is 29.6 Å². The number of hydrogen-bond acceptors (Lipinski definition) is 4. The average Bonchev–Trinajstić information content (AvgIpc) is 3.33. The van der Waals surface area contributed by atoms with Crippen molar-refractivity contribution in [3.63, 3.8) is 0 Å². The summed E-state index contributed by atoms with van der Waals surface area (Å²) in [5.41, 5.74) is 4.74. The van der Waals surface area contributed by atoms with Crippen molar-refractivity contribution < 1.29 is 13.6 Å². The average molecular weight is 345 g/mol. The lowest BCUT2D eigenvalue weighted by Gasteiger charge is -2.07. The maximum atomic E-state index is 10.7. The third kappa shape index (κ3) is 2.94. The fraction of sp³-hybridized carbons (Fsp3) is 0.182. The second-order valence-corrected chi connectivity index (χ2v) is 6.45. The fourth-order valence-corrected chi connectivity index (χ4v) is 2.96. The minimum absolute atomic E-state index is 0.320. The molecule has 0 bridgehead atoms. The molecule has 0 aliphatic heterocycles. The van der Waals surface area contributed by atoms with Gasteiger partial charge in [-0.25, -0.2) is 4.98 Å². The summed E-state index contributed by atoms with van der Waals surface area (Å²) < 4.78 is 11.4. The molecule has 0 radical (unpaired) electrons. The van der Waals surface area contributed by atoms with E-state index in [1.165, 1.54) is 5.56 Å². The van der Waals surface area contributed by atoms with E-state index in [4.69, 9.17) is 8.83 Å². The maximum absolute atomic E-state index is 10.7. The maximum Gasteiger partial charge on any atom is 0.227 e. The quantitative estimate of drug-likeness (QED) is 0.411. The summed E-state index contributed by atoms with van der Waals surface area (Å²) in [5.74, 6) is 2.08. The molecule has 0 spiro atoms. The zero-order valence-electron chi connectivity index (χ0n) is 14.7. The molecule has 0 saturated heterocycles. The molecule has 1 unspecified atom stereocenters. The van der Waals surface area contributed by atoms with Gasteiger partial charge in [0, 0.05) is 11.1 Å². The number of fused-ring (bicyclic) bond motifs is 1. The largest absolute Gasteiger partial charge is 0.453 e. The molecule has 0 fully saturated rings. The van der Waals surface area contributed by atoms with Crippen LogP contribution in [0, 0.1) is 0 Å². The smallest absolute Gasteiger partial charge is 0.227 e. The molecule has 2 aromatic heterocycles. The molecule has 1 atom stereocenters. The predicted octanol–water partition coefficient (Wildman–Crippen LogP) is 6.08. The van der Waals surface area contributed by atoms with Gasteiger partial charge >= 0.3 is 0 Å². The molecule has 26 heavy (non-hydrogen) atoms. The van der Waals surface area contributed by atoms with Gasteiger partial charge in [0.05, 0.1) is 0 Å². The van der Waals surface area contributed by atoms with Crippen molar-refractivity contribution in [2.75, 3.05) is 0 Å². The summed E-state index contributed by atoms with van der Waals surface area (Å²) in [6.07, 6.45) is 1.79. The third-order valence-electron chi connectivity index (χ3n) is 4.75. The van der Waals surface area contributed by atoms with Crippen LogP contribution in [0.15, 0.2) is 63.4 Å². The molecule has 2 heterocycles. The van der Waals surface area contributed by atoms with Crippen LogP contribution in [0.2, 0.25) is 0 Å². The van der Waals surface area contributed by atoms with Gasteiger partial charge in [-0.15, -0.1) is 0 Å². The van der Waals surface area contributed by atoms with Crippen molar-refractivity contribution in [2.24, 2.45) is 0 Å². The van der Waals surface area contributed by atoms with Crippen LogP contribution in [-0.2, 0) is 0 Å². The molecule has 0 N–H and O–H groups in total. The lowest BCUT2D eigenvalue weighted by atomic mass is 9.98. The second-order valence-electron chi connectivity index (χ2n) is 6.45. The monoisotopic (exact) mass is 345 g/mol. The highest BCUT2D eigenvalue weighted by atomic mass is 16.4. The first-order chi connectivity index (χ1) is 12.7. The number of oxazole rings is 1. The molecule has 4 nitrogen and oxygen atoms in total. The number of nitrogens with zero attached hydrogens (tertiary/aromatic N) is 1. The van der Waals surface area contributed by atoms with Gasteiger partial charge in [-0.05, 0) is 54.3 Å². The van der Waals surface area contributed by atoms with Crippen LogP contribution in [0.4, 0.5) is 0 Å². The summed E-state index contributed by atoms with van der Waals surface area (Å²) in [7, 11) is 0. The Kier molecular flexibility index (Phi) is 4.17. The highest BCUT2D eigenvalue weighted by Gasteiger charge is 2.12. The Balaban J connectivity index is 1.65. The first-order valence-electron chi connectivity index (χ1n) is 8.74. The number of aldehydes is 1. The van der Waals surface area contributed by atoms with Crippen LogP contribution in [0.1, 0.15) is 42.3 Å². The summed E-state index contributed by atoms with van der Waals surface area (Å²) in [4.78, 5) is 15.4. The Hall–Kier alpha value is -3.14. The number of carbonyl (C=O) groups is 1. The molecule has 0 aliphatic rings. The van der Waals surface area contributed by atoms with Crippen molar-refractivity contribution in [1.82, 2.24) is 4.98 Å². The minimum Gasteiger partial charge on any atom is -0.453 e. The van der Waals surface area contributed by atoms with Gasteiger partial charge in [0.15, 0.2) is 17.6 Å². The van der Waals surface area contributed by atoms with Gasteiger partial charge < -0.3 is 8.83 Å². The van der Waals surface area contributed by atoms with Crippen molar-refractivity contribution in [2.45, 2.75) is 26.2 Å². The Labute approximate surface area is 151 Å². The number of furan rings is 1. The Morgan fingerprint density at radius 2 is 1.77 bits per heavy atom. The normalized spacial score (nSPS) is 12.4. The number of carbonyl (C=O) groups excluding carboxylic acids is 1. The standard InChI is InChI=1S/C22H19NO3/c1-3-14(2)17-8-10-21-19(12-17)23-22(26-21)16-6-4-15(5-7-16)20-11-9-18(13-24)25-20/h4-14H,3H2,1-2H3. The molecule has 0 saturated carbocycles. The van der Waals surface area contributed by atoms with Gasteiger partial charge in [0.1, 0.15) is 11.3 Å². The summed E-state index contributed by atoms with van der Waals surface area (Å²) in [6.45, 7) is 4.40. The van der Waals surface area contributed by atoms with Gasteiger partial charge in [0.25, 0.3) is 0 Å². The molecular formula is C22H19NO3. The van der Waals surface area contributed by atoms with Crippen LogP contribution in [0.3, 0.4) is 0 Å². The van der Waals surface area contributed by atoms with E-state index in [1.807, 2.05) is 30.3 Å². The van der Waals surface area contributed by atoms with E-state index < -0.39 is 0 Å². The lowest BCUT2D eigenvalue weighted by Crippen LogP contribution is -1.90. The molecule has 2 aromatic carbocycles. The van der Waals surface area contributed by atoms with Gasteiger partial charge in [-0.1, -0.05) is 32.0 Å². The summed E-state index contributed by atoms with van der Waals surface area (Å²) in [5, 5.41) is 0. The molecule has 0 amide bonds. The first-order valence-corrected chi connectivity index (χ1v) is 8.74. The SMILES string of the molecule is CCC(C)c1ccc2oc(-c3ccc(-c4ccc(C=O)o4)cc3)nc2c1. The van der Waals surface area contributed by atoms with Crippen molar-refractivity contribution in [3.05, 3.63) is 65.9 Å². The number of rotatable bonds is 5. The molecule has 4 aromatic rings. The van der Waals surface area contributed by atoms with Crippen LogP contribution >= 0.6 is 0 Å². The van der Waals surface area contributed by atoms with Crippen LogP contribution < -0.4 is 0 Å². The van der Waals surface area contributed by atoms with Crippen LogP contribution in [-0.4, -0.2) is 11.3 Å². The Morgan fingerprint density at radius 1 is 1.00 bits per heavy atom. The van der Waals surface area contributed by atoms with E-state index >= 15 is 0 Å². The minimum atomic E-state index is 0.320. The Bertz CT molecular complexity index is 1060. The van der Waals surface area contributed by atoms with E-state index in [2.05, 4.69) is 31.0 Å². The van der Waals surface area contributed by atoms with Crippen molar-refractivity contribution in [3.8, 4) is 22.8 Å². The van der Waals surface area contributed by atoms with Crippen molar-refractivity contribution in [1.29, 1.82) is 0 Å². The first kappa shape index (κ1) is 16.3. The summed E-state index contributed by atoms with van der Waals surface area (Å²) in [6, 6.07) is 17.4. The molecular weight excluding hydrogens is 326 g/mol. The van der Waals surface area contributed by atoms with E-state index in [-0.39, 0.29) is 0 Å². The summed E-state index contributed by atoms with van der Waals surface area (Å²) >= 11 is 0. The van der Waals surface area contributed by atoms with Crippen LogP contribution in [0.25, 0.3) is 33.9 Å². The number of benzene rings is 2. The molecule has 0 aliphatic carbocycles. The number of hydrogen-bond donors (Lipinski definition) is 0. The van der Waals surface area contributed by atoms with E-state index in [1.54, 1.807) is 12.1 Å². The third-order valence-corrected chi connectivity index (χ3v) is 4.75. The predicted molar refractivity (Wildman–Crippen MR) is 101 cm³/mol. The fourth-order valence-electron chi connectivity index (χ4n) is 2.96. The van der Waals surface area contributed by atoms with E-state index in [0.717, 1.165) is 28.6 Å². The highest BCUT2D eigenvalue weighted by molar-refractivity contribution is 5.78. The van der Waals surface area contributed by atoms with Gasteiger partial charge in [-0.2, -0.15) is 0 Å². The Morgan fingerprint density at radius 3 is 2.46 bits per heavy atom. The highest BCUT2D eigenvalue weighted by Crippen LogP contribution is 2.29. The van der Waals surface area contributed by atoms with E-state index in [9.17, 15) is 4.79 Å². The van der Waals surface area contributed by atoms with Gasteiger partial charge in [0.2, 0.25) is 5.89 Å². The molecule has 4 heteroatoms. The number of aromatic nitrogens is 1. The van der Waals surface area contributed by atoms with Crippen molar-refractivity contribution >= 4 is 17.4 Å². The molecule has 4 rings (SSSR count). The zero-order chi connectivity index (χ0) is 18.1. The zero-order valence-corrected chi connectivity index (χ0v) is 14.7. The topological polar surface area (TPSA) is 56.2 Å².